The van der Waals surface area contributed by atoms with Crippen LogP contribution in [0.3, 0.4) is 0 Å². The SMILES string of the molecule is C=CCc1cccc(C(CC=C)(CC=C)c2ccccc2)c1CC=C.N=C=O.N=C=O. The lowest BCUT2D eigenvalue weighted by Crippen LogP contribution is -2.28. The predicted octanol–water partition coefficient (Wildman–Crippen LogP) is 6.38. The number of nitrogens with one attached hydrogen (secondary N) is 2. The number of hydrogen-bond donors (Lipinski definition) is 2. The molecule has 0 aliphatic carbocycles. The van der Waals surface area contributed by atoms with Crippen LogP contribution >= 0.6 is 0 Å². The summed E-state index contributed by atoms with van der Waals surface area (Å²) in [4.78, 5) is 16.7. The van der Waals surface area contributed by atoms with E-state index in [4.69, 9.17) is 20.4 Å². The van der Waals surface area contributed by atoms with Crippen LogP contribution < -0.4 is 0 Å². The fourth-order valence-electron chi connectivity index (χ4n) is 3.76. The Hall–Kier alpha value is -3.84. The third kappa shape index (κ3) is 7.83. The Morgan fingerprint density at radius 1 is 0.742 bits per heavy atom. The van der Waals surface area contributed by atoms with Gasteiger partial charge in [-0.25, -0.2) is 20.4 Å². The monoisotopic (exact) mass is 414 g/mol. The van der Waals surface area contributed by atoms with Crippen LogP contribution in [-0.4, -0.2) is 12.2 Å². The van der Waals surface area contributed by atoms with Crippen molar-refractivity contribution in [3.8, 4) is 0 Å². The molecule has 0 saturated heterocycles. The van der Waals surface area contributed by atoms with Crippen molar-refractivity contribution < 1.29 is 9.59 Å². The van der Waals surface area contributed by atoms with Crippen LogP contribution in [0.1, 0.15) is 35.1 Å². The summed E-state index contributed by atoms with van der Waals surface area (Å²) >= 11 is 0. The number of isocyanates is 2. The molecule has 0 radical (unpaired) electrons. The molecule has 2 N–H and O–H groups in total. The molecule has 0 unspecified atom stereocenters. The molecule has 0 spiro atoms. The Morgan fingerprint density at radius 3 is 1.71 bits per heavy atom. The van der Waals surface area contributed by atoms with E-state index in [1.807, 2.05) is 24.3 Å². The summed E-state index contributed by atoms with van der Waals surface area (Å²) in [7, 11) is 0. The average Bonchev–Trinajstić information content (AvgIpc) is 2.77. The maximum Gasteiger partial charge on any atom is 0.231 e. The van der Waals surface area contributed by atoms with Gasteiger partial charge < -0.3 is 0 Å². The molecule has 2 rings (SSSR count). The summed E-state index contributed by atoms with van der Waals surface area (Å²) in [5, 5.41) is 10.8. The van der Waals surface area contributed by atoms with Gasteiger partial charge in [0.05, 0.1) is 0 Å². The van der Waals surface area contributed by atoms with Crippen molar-refractivity contribution in [2.45, 2.75) is 31.1 Å². The highest BCUT2D eigenvalue weighted by molar-refractivity contribution is 5.49. The number of benzene rings is 2. The topological polar surface area (TPSA) is 81.8 Å². The summed E-state index contributed by atoms with van der Waals surface area (Å²) in [5.74, 6) is 0. The normalized spacial score (nSPS) is 9.29. The van der Waals surface area contributed by atoms with Crippen molar-refractivity contribution >= 4 is 12.2 Å². The zero-order valence-electron chi connectivity index (χ0n) is 17.9. The zero-order valence-corrected chi connectivity index (χ0v) is 17.9. The lowest BCUT2D eigenvalue weighted by molar-refractivity contribution is 0.524. The van der Waals surface area contributed by atoms with E-state index in [0.29, 0.717) is 0 Å². The second kappa shape index (κ2) is 16.0. The highest BCUT2D eigenvalue weighted by atomic mass is 16.1. The van der Waals surface area contributed by atoms with Crippen LogP contribution in [0.5, 0.6) is 0 Å². The van der Waals surface area contributed by atoms with Gasteiger partial charge in [-0.1, -0.05) is 72.8 Å². The largest absolute Gasteiger partial charge is 0.231 e. The van der Waals surface area contributed by atoms with Gasteiger partial charge in [0.15, 0.2) is 0 Å². The molecular weight excluding hydrogens is 384 g/mol. The van der Waals surface area contributed by atoms with Gasteiger partial charge in [-0.15, -0.1) is 26.3 Å². The Morgan fingerprint density at radius 2 is 1.26 bits per heavy atom. The lowest BCUT2D eigenvalue weighted by atomic mass is 9.67. The summed E-state index contributed by atoms with van der Waals surface area (Å²) < 4.78 is 0. The van der Waals surface area contributed by atoms with Gasteiger partial charge in [0, 0.05) is 5.41 Å². The highest BCUT2D eigenvalue weighted by Crippen LogP contribution is 2.42. The van der Waals surface area contributed by atoms with E-state index in [2.05, 4.69) is 74.8 Å². The minimum absolute atomic E-state index is 0.152. The van der Waals surface area contributed by atoms with Crippen molar-refractivity contribution in [3.05, 3.63) is 121 Å². The molecule has 0 atom stereocenters. The Balaban J connectivity index is 0.00000134. The molecular formula is C27H30N2O2. The van der Waals surface area contributed by atoms with Gasteiger partial charge in [0.25, 0.3) is 0 Å². The van der Waals surface area contributed by atoms with Crippen LogP contribution in [0.4, 0.5) is 0 Å². The fraction of sp³-hybridized carbons (Fsp3) is 0.185. The summed E-state index contributed by atoms with van der Waals surface area (Å²) in [5.41, 5.74) is 5.17. The van der Waals surface area contributed by atoms with Gasteiger partial charge in [0.1, 0.15) is 0 Å². The predicted molar refractivity (Wildman–Crippen MR) is 128 cm³/mol. The van der Waals surface area contributed by atoms with E-state index in [0.717, 1.165) is 37.8 Å². The Kier molecular flexibility index (Phi) is 14.0. The van der Waals surface area contributed by atoms with Crippen LogP contribution in [-0.2, 0) is 27.8 Å². The second-order valence-corrected chi connectivity index (χ2v) is 6.57. The molecule has 2 aromatic rings. The molecule has 0 aromatic heterocycles. The molecule has 2 aromatic carbocycles. The number of rotatable bonds is 10. The van der Waals surface area contributed by atoms with Crippen molar-refractivity contribution in [3.63, 3.8) is 0 Å². The fourth-order valence-corrected chi connectivity index (χ4v) is 3.76. The molecule has 0 aliphatic heterocycles. The van der Waals surface area contributed by atoms with Gasteiger partial charge in [-0.2, -0.15) is 0 Å². The van der Waals surface area contributed by atoms with Gasteiger partial charge in [-0.3, -0.25) is 0 Å². The van der Waals surface area contributed by atoms with Crippen LogP contribution in [0.25, 0.3) is 0 Å². The Labute approximate surface area is 185 Å². The first kappa shape index (κ1) is 27.2. The molecule has 0 aliphatic rings. The number of allylic oxidation sites excluding steroid dienone is 4. The minimum Gasteiger partial charge on any atom is -0.222 e. The van der Waals surface area contributed by atoms with Crippen molar-refractivity contribution in [1.29, 1.82) is 10.8 Å². The molecule has 160 valence electrons. The first-order valence-electron chi connectivity index (χ1n) is 9.74. The maximum absolute atomic E-state index is 8.35. The molecule has 0 heterocycles. The first-order chi connectivity index (χ1) is 15.1. The van der Waals surface area contributed by atoms with E-state index in [1.54, 1.807) is 0 Å². The van der Waals surface area contributed by atoms with Crippen molar-refractivity contribution in [2.24, 2.45) is 0 Å². The maximum atomic E-state index is 8.35. The van der Waals surface area contributed by atoms with E-state index in [-0.39, 0.29) is 5.41 Å². The quantitative estimate of drug-likeness (QED) is 0.268. The molecule has 4 heteroatoms. The smallest absolute Gasteiger partial charge is 0.222 e. The summed E-state index contributed by atoms with van der Waals surface area (Å²) in [6.45, 7) is 16.0. The standard InChI is InChI=1S/C25H28.2CHNO/c1-5-13-21-15-12-18-24(23(21)14-6-2)25(19-7-3,20-8-4)22-16-10-9-11-17-22;2*2-1-3/h5-12,15-18H,1-4,13-14,19-20H2;2*2H. The minimum atomic E-state index is -0.152. The van der Waals surface area contributed by atoms with E-state index in [9.17, 15) is 0 Å². The van der Waals surface area contributed by atoms with Crippen molar-refractivity contribution in [1.82, 2.24) is 0 Å². The third-order valence-electron chi connectivity index (χ3n) is 4.81. The van der Waals surface area contributed by atoms with E-state index >= 15 is 0 Å². The molecule has 0 bridgehead atoms. The number of carbonyl (C=O) groups excluding carboxylic acids is 2. The van der Waals surface area contributed by atoms with E-state index < -0.39 is 0 Å². The molecule has 4 nitrogen and oxygen atoms in total. The van der Waals surface area contributed by atoms with Gasteiger partial charge in [0.2, 0.25) is 12.2 Å². The van der Waals surface area contributed by atoms with Crippen LogP contribution in [0, 0.1) is 10.8 Å². The van der Waals surface area contributed by atoms with Crippen LogP contribution in [0.2, 0.25) is 0 Å². The van der Waals surface area contributed by atoms with Crippen molar-refractivity contribution in [2.75, 3.05) is 0 Å². The summed E-state index contributed by atoms with van der Waals surface area (Å²) in [6, 6.07) is 17.3. The molecule has 0 saturated carbocycles. The second-order valence-electron chi connectivity index (χ2n) is 6.57. The molecule has 0 fully saturated rings. The average molecular weight is 415 g/mol. The van der Waals surface area contributed by atoms with Gasteiger partial charge >= 0.3 is 0 Å². The molecule has 31 heavy (non-hydrogen) atoms. The highest BCUT2D eigenvalue weighted by Gasteiger charge is 2.34. The number of hydrogen-bond acceptors (Lipinski definition) is 4. The third-order valence-corrected chi connectivity index (χ3v) is 4.81. The lowest BCUT2D eigenvalue weighted by Gasteiger charge is -2.36. The first-order valence-corrected chi connectivity index (χ1v) is 9.74. The Bertz CT molecular complexity index is 896. The van der Waals surface area contributed by atoms with Gasteiger partial charge in [-0.05, 0) is 47.9 Å². The zero-order chi connectivity index (χ0) is 23.5. The van der Waals surface area contributed by atoms with Crippen LogP contribution in [0.15, 0.2) is 99.2 Å². The van der Waals surface area contributed by atoms with E-state index in [1.165, 1.54) is 22.3 Å². The summed E-state index contributed by atoms with van der Waals surface area (Å²) in [6.07, 6.45) is 12.9. The molecule has 0 amide bonds.